The van der Waals surface area contributed by atoms with Crippen molar-refractivity contribution in [3.05, 3.63) is 97.2 Å². The van der Waals surface area contributed by atoms with Crippen LogP contribution in [0.4, 0.5) is 0 Å². The molecule has 0 aliphatic carbocycles. The van der Waals surface area contributed by atoms with E-state index < -0.39 is 32.5 Å². The Kier molecular flexibility index (Phi) is 37.9. The van der Waals surface area contributed by atoms with E-state index in [9.17, 15) is 24.2 Å². The van der Waals surface area contributed by atoms with E-state index in [1.807, 2.05) is 36.5 Å². The second-order valence-electron chi connectivity index (χ2n) is 13.3. The topological polar surface area (TPSA) is 155 Å². The number of allylic oxidation sites excluding steroid dienone is 15. The van der Waals surface area contributed by atoms with Crippen molar-refractivity contribution in [3.8, 4) is 0 Å². The van der Waals surface area contributed by atoms with Gasteiger partial charge in [0.15, 0.2) is 6.10 Å². The van der Waals surface area contributed by atoms with Crippen molar-refractivity contribution >= 4 is 19.8 Å². The molecule has 318 valence electrons. The maximum atomic E-state index is 12.6. The predicted octanol–water partition coefficient (Wildman–Crippen LogP) is 10.8. The Hall–Kier alpha value is -3.11. The number of carbonyl (C=O) groups is 2. The van der Waals surface area contributed by atoms with Crippen LogP contribution in [-0.4, -0.2) is 60.5 Å². The van der Waals surface area contributed by atoms with E-state index in [1.54, 1.807) is 0 Å². The normalized spacial score (nSPS) is 14.9. The second kappa shape index (κ2) is 40.1. The molecule has 0 saturated carbocycles. The third-order valence-electron chi connectivity index (χ3n) is 8.06. The van der Waals surface area contributed by atoms with Gasteiger partial charge in [-0.15, -0.1) is 0 Å². The summed E-state index contributed by atoms with van der Waals surface area (Å²) in [5, 5.41) is 9.88. The number of nitrogens with two attached hydrogens (primary N) is 1. The SMILES string of the molecule is CC/C=C\C/C=C\C/C=C\C/C=C\CCCCCCC(=O)O[C@H](COC(=O)CCC/C=C\C/C=C\C/C=C\C=C\[C@H](O)CCCCC)COP(=O)(O)OCCN. The molecule has 56 heavy (non-hydrogen) atoms. The van der Waals surface area contributed by atoms with Crippen LogP contribution in [0.5, 0.6) is 0 Å². The summed E-state index contributed by atoms with van der Waals surface area (Å²) in [5.74, 6) is -0.960. The van der Waals surface area contributed by atoms with E-state index in [2.05, 4.69) is 74.6 Å². The van der Waals surface area contributed by atoms with Crippen LogP contribution in [0.15, 0.2) is 97.2 Å². The molecule has 10 nitrogen and oxygen atoms in total. The molecule has 4 N–H and O–H groups in total. The Morgan fingerprint density at radius 3 is 1.84 bits per heavy atom. The average Bonchev–Trinajstić information content (AvgIpc) is 3.18. The fourth-order valence-electron chi connectivity index (χ4n) is 4.96. The number of phosphoric acid groups is 1. The van der Waals surface area contributed by atoms with E-state index in [0.29, 0.717) is 19.3 Å². The maximum Gasteiger partial charge on any atom is 0.472 e. The van der Waals surface area contributed by atoms with E-state index in [1.165, 1.54) is 0 Å². The molecule has 0 radical (unpaired) electrons. The monoisotopic (exact) mass is 804 g/mol. The zero-order valence-corrected chi connectivity index (χ0v) is 35.3. The fraction of sp³-hybridized carbons (Fsp3) is 0.600. The second-order valence-corrected chi connectivity index (χ2v) is 14.8. The van der Waals surface area contributed by atoms with Crippen LogP contribution in [0.1, 0.15) is 136 Å². The van der Waals surface area contributed by atoms with E-state index in [4.69, 9.17) is 24.3 Å². The standard InChI is InChI=1S/C45H74NO9P/c1-3-5-7-8-9-10-11-12-13-14-15-16-19-23-26-29-33-37-45(49)55-43(41-54-56(50,51)53-39-38-46)40-52-44(48)36-32-28-25-22-20-17-18-21-24-27-31-35-42(47)34-30-6-4-2/h5,7,9-10,12-13,15-18,22,24-25,27,31,35,42-43,47H,3-4,6,8,11,14,19-21,23,26,28-30,32-34,36-41,46H2,1-2H3,(H,50,51)/b7-5-,10-9-,13-12-,16-15-,18-17-,25-22-,27-24-,35-31+/t42-,43-/m1/s1. The van der Waals surface area contributed by atoms with Crippen LogP contribution in [0.25, 0.3) is 0 Å². The van der Waals surface area contributed by atoms with Gasteiger partial charge < -0.3 is 25.2 Å². The van der Waals surface area contributed by atoms with Gasteiger partial charge >= 0.3 is 19.8 Å². The van der Waals surface area contributed by atoms with Crippen molar-refractivity contribution < 1.29 is 42.7 Å². The van der Waals surface area contributed by atoms with Gasteiger partial charge in [-0.25, -0.2) is 4.57 Å². The first-order valence-electron chi connectivity index (χ1n) is 20.8. The number of rotatable bonds is 37. The number of unbranched alkanes of at least 4 members (excludes halogenated alkanes) is 7. The molecular weight excluding hydrogens is 729 g/mol. The number of hydrogen-bond donors (Lipinski definition) is 3. The van der Waals surface area contributed by atoms with Crippen molar-refractivity contribution in [2.45, 2.75) is 148 Å². The molecule has 11 heteroatoms. The third-order valence-corrected chi connectivity index (χ3v) is 9.04. The van der Waals surface area contributed by atoms with Gasteiger partial charge in [-0.1, -0.05) is 143 Å². The van der Waals surface area contributed by atoms with Crippen LogP contribution in [-0.2, 0) is 32.7 Å². The van der Waals surface area contributed by atoms with Gasteiger partial charge in [-0.05, 0) is 77.0 Å². The lowest BCUT2D eigenvalue weighted by molar-refractivity contribution is -0.161. The minimum absolute atomic E-state index is 0.0291. The maximum absolute atomic E-state index is 12.6. The molecule has 1 unspecified atom stereocenters. The fourth-order valence-corrected chi connectivity index (χ4v) is 5.73. The molecule has 0 aromatic rings. The van der Waals surface area contributed by atoms with Crippen LogP contribution in [0.3, 0.4) is 0 Å². The first-order chi connectivity index (χ1) is 27.2. The minimum atomic E-state index is -4.41. The molecule has 0 heterocycles. The largest absolute Gasteiger partial charge is 0.472 e. The number of aliphatic hydroxyl groups is 1. The molecule has 0 spiro atoms. The number of carbonyl (C=O) groups excluding carboxylic acids is 2. The number of ether oxygens (including phenoxy) is 2. The highest BCUT2D eigenvalue weighted by atomic mass is 31.2. The van der Waals surface area contributed by atoms with Gasteiger partial charge in [0, 0.05) is 19.4 Å². The van der Waals surface area contributed by atoms with Gasteiger partial charge in [0.1, 0.15) is 6.61 Å². The Balaban J connectivity index is 4.39. The summed E-state index contributed by atoms with van der Waals surface area (Å²) in [6.07, 6.45) is 47.7. The summed E-state index contributed by atoms with van der Waals surface area (Å²) in [5.41, 5.74) is 5.33. The first-order valence-corrected chi connectivity index (χ1v) is 22.3. The predicted molar refractivity (Wildman–Crippen MR) is 230 cm³/mol. The summed E-state index contributed by atoms with van der Waals surface area (Å²) in [4.78, 5) is 34.8. The van der Waals surface area contributed by atoms with E-state index in [-0.39, 0.29) is 38.7 Å². The lowest BCUT2D eigenvalue weighted by Gasteiger charge is -2.19. The van der Waals surface area contributed by atoms with Crippen molar-refractivity contribution in [1.82, 2.24) is 0 Å². The number of hydrogen-bond acceptors (Lipinski definition) is 9. The summed E-state index contributed by atoms with van der Waals surface area (Å²) in [6, 6.07) is 0. The quantitative estimate of drug-likeness (QED) is 0.0182. The summed E-state index contributed by atoms with van der Waals surface area (Å²) in [7, 11) is -4.41. The third kappa shape index (κ3) is 39.1. The Labute approximate surface area is 339 Å². The molecule has 0 aliphatic heterocycles. The summed E-state index contributed by atoms with van der Waals surface area (Å²) < 4.78 is 32.6. The lowest BCUT2D eigenvalue weighted by atomic mass is 10.1. The number of aliphatic hydroxyl groups excluding tert-OH is 1. The number of esters is 2. The van der Waals surface area contributed by atoms with Gasteiger partial charge in [-0.3, -0.25) is 18.6 Å². The van der Waals surface area contributed by atoms with Gasteiger partial charge in [0.2, 0.25) is 0 Å². The molecule has 0 rings (SSSR count). The Morgan fingerprint density at radius 2 is 1.21 bits per heavy atom. The summed E-state index contributed by atoms with van der Waals surface area (Å²) >= 11 is 0. The van der Waals surface area contributed by atoms with Crippen molar-refractivity contribution in [3.63, 3.8) is 0 Å². The molecule has 0 bridgehead atoms. The average molecular weight is 804 g/mol. The van der Waals surface area contributed by atoms with Crippen LogP contribution < -0.4 is 5.73 Å². The summed E-state index contributed by atoms with van der Waals surface area (Å²) in [6.45, 7) is 3.35. The highest BCUT2D eigenvalue weighted by molar-refractivity contribution is 7.47. The molecule has 3 atom stereocenters. The highest BCUT2D eigenvalue weighted by Gasteiger charge is 2.25. The smallest absolute Gasteiger partial charge is 0.462 e. The molecule has 0 aromatic heterocycles. The van der Waals surface area contributed by atoms with E-state index in [0.717, 1.165) is 89.9 Å². The minimum Gasteiger partial charge on any atom is -0.462 e. The molecular formula is C45H74NO9P. The Bertz CT molecular complexity index is 1250. The van der Waals surface area contributed by atoms with Crippen molar-refractivity contribution in [1.29, 1.82) is 0 Å². The zero-order valence-electron chi connectivity index (χ0n) is 34.4. The van der Waals surface area contributed by atoms with Crippen LogP contribution in [0, 0.1) is 0 Å². The number of phosphoric ester groups is 1. The molecule has 0 fully saturated rings. The molecule has 0 amide bonds. The highest BCUT2D eigenvalue weighted by Crippen LogP contribution is 2.43. The molecule has 0 saturated heterocycles. The van der Waals surface area contributed by atoms with Crippen LogP contribution >= 0.6 is 7.82 Å². The molecule has 0 aromatic carbocycles. The zero-order chi connectivity index (χ0) is 41.2. The Morgan fingerprint density at radius 1 is 0.643 bits per heavy atom. The lowest BCUT2D eigenvalue weighted by Crippen LogP contribution is -2.29. The van der Waals surface area contributed by atoms with E-state index >= 15 is 0 Å². The van der Waals surface area contributed by atoms with Crippen molar-refractivity contribution in [2.24, 2.45) is 5.73 Å². The van der Waals surface area contributed by atoms with Gasteiger partial charge in [-0.2, -0.15) is 0 Å². The first kappa shape index (κ1) is 52.9. The van der Waals surface area contributed by atoms with Crippen molar-refractivity contribution in [2.75, 3.05) is 26.4 Å². The van der Waals surface area contributed by atoms with Gasteiger partial charge in [0.05, 0.1) is 19.3 Å². The van der Waals surface area contributed by atoms with Gasteiger partial charge in [0.25, 0.3) is 0 Å². The van der Waals surface area contributed by atoms with Crippen LogP contribution in [0.2, 0.25) is 0 Å². The molecule has 0 aliphatic rings.